The zero-order valence-electron chi connectivity index (χ0n) is 30.3. The van der Waals surface area contributed by atoms with E-state index in [4.69, 9.17) is 9.26 Å². The number of benzene rings is 1. The van der Waals surface area contributed by atoms with Gasteiger partial charge in [-0.05, 0) is 64.5 Å². The molecule has 5 atom stereocenters. The molecule has 300 valence electrons. The van der Waals surface area contributed by atoms with Crippen molar-refractivity contribution in [3.63, 3.8) is 0 Å². The average Bonchev–Trinajstić information content (AvgIpc) is 3.93. The number of rotatable bonds is 7. The summed E-state index contributed by atoms with van der Waals surface area (Å²) in [6.07, 6.45) is -0.0495. The number of hydrogen-bond acceptors (Lipinski definition) is 11. The van der Waals surface area contributed by atoms with Crippen LogP contribution in [0.1, 0.15) is 86.7 Å². The van der Waals surface area contributed by atoms with Gasteiger partial charge in [-0.3, -0.25) is 23.9 Å². The van der Waals surface area contributed by atoms with Gasteiger partial charge in [-0.15, -0.1) is 0 Å². The fourth-order valence-corrected chi connectivity index (χ4v) is 8.40. The highest BCUT2D eigenvalue weighted by atomic mass is 32.2. The van der Waals surface area contributed by atoms with Crippen molar-refractivity contribution >= 4 is 44.7 Å². The molecule has 1 saturated heterocycles. The largest absolute Gasteiger partial charge is 0.471 e. The summed E-state index contributed by atoms with van der Waals surface area (Å²) in [7, 11) is -4.11. The number of aromatic nitrogens is 3. The standard InChI is InChI=1S/C36H39F4N7O8S/c1-19-14-26(45-55-19)29(48)42-24-9-7-5-3-4-6-8-20-17-35(20,33(51)46-56(52,53)34(2)12-13-34)44-30(49)27-16-22(18-47(27)32(24)50)54-31-28(36(38,39)40)41-23-11-10-21(37)15-25(23)43-31/h6,8,10-11,14-15,20,22,24,27H,3-5,7,9,12-13,16-18H2,1-2H3,(H,42,48)(H,44,49)(H,46,51)/t20-,22-,24+,27+,35-/m1/s1. The fraction of sp³-hybridized carbons (Fsp3) is 0.528. The number of carbonyl (C=O) groups is 4. The van der Waals surface area contributed by atoms with Gasteiger partial charge in [-0.2, -0.15) is 13.2 Å². The Balaban J connectivity index is 1.23. The molecule has 3 aromatic rings. The predicted molar refractivity (Wildman–Crippen MR) is 187 cm³/mol. The third-order valence-electron chi connectivity index (χ3n) is 10.8. The lowest BCUT2D eigenvalue weighted by Gasteiger charge is -2.30. The number of aryl methyl sites for hydroxylation is 1. The van der Waals surface area contributed by atoms with E-state index in [2.05, 4.69) is 30.5 Å². The predicted octanol–water partition coefficient (Wildman–Crippen LogP) is 3.62. The molecule has 0 bridgehead atoms. The van der Waals surface area contributed by atoms with Crippen molar-refractivity contribution in [3.05, 3.63) is 59.4 Å². The summed E-state index contributed by atoms with van der Waals surface area (Å²) >= 11 is 0. The molecular formula is C36H39F4N7O8S. The van der Waals surface area contributed by atoms with Gasteiger partial charge in [-0.25, -0.2) is 22.8 Å². The molecule has 4 aliphatic rings. The smallest absolute Gasteiger partial charge is 0.438 e. The summed E-state index contributed by atoms with van der Waals surface area (Å²) in [5.74, 6) is -5.43. The number of hydrogen-bond donors (Lipinski definition) is 3. The van der Waals surface area contributed by atoms with Gasteiger partial charge in [0.2, 0.25) is 33.4 Å². The van der Waals surface area contributed by atoms with Gasteiger partial charge in [0.05, 0.1) is 22.3 Å². The molecule has 2 aliphatic heterocycles. The van der Waals surface area contributed by atoms with Crippen LogP contribution in [0.15, 0.2) is 40.9 Å². The summed E-state index contributed by atoms with van der Waals surface area (Å²) in [5, 5.41) is 9.03. The number of fused-ring (bicyclic) bond motifs is 3. The van der Waals surface area contributed by atoms with Gasteiger partial charge in [0, 0.05) is 24.5 Å². The second kappa shape index (κ2) is 14.4. The van der Waals surface area contributed by atoms with Crippen LogP contribution < -0.4 is 20.1 Å². The van der Waals surface area contributed by atoms with E-state index in [-0.39, 0.29) is 29.6 Å². The molecule has 20 heteroatoms. The van der Waals surface area contributed by atoms with E-state index in [1.807, 2.05) is 6.08 Å². The second-order valence-corrected chi connectivity index (χ2v) is 17.3. The Bertz CT molecular complexity index is 2230. The quantitative estimate of drug-likeness (QED) is 0.233. The summed E-state index contributed by atoms with van der Waals surface area (Å²) in [6.45, 7) is 2.60. The van der Waals surface area contributed by atoms with Crippen molar-refractivity contribution in [2.24, 2.45) is 5.92 Å². The Labute approximate surface area is 318 Å². The van der Waals surface area contributed by atoms with E-state index < -0.39 is 105 Å². The number of nitrogens with one attached hydrogen (secondary N) is 3. The second-order valence-electron chi connectivity index (χ2n) is 15.1. The third-order valence-corrected chi connectivity index (χ3v) is 12.9. The van der Waals surface area contributed by atoms with Gasteiger partial charge >= 0.3 is 6.18 Å². The summed E-state index contributed by atoms with van der Waals surface area (Å²) < 4.78 is 94.8. The molecule has 4 amide bonds. The molecule has 4 heterocycles. The fourth-order valence-electron chi connectivity index (χ4n) is 7.09. The molecule has 7 rings (SSSR count). The summed E-state index contributed by atoms with van der Waals surface area (Å²) in [6, 6.07) is 1.49. The van der Waals surface area contributed by atoms with E-state index >= 15 is 0 Å². The van der Waals surface area contributed by atoms with Crippen LogP contribution in [0.2, 0.25) is 0 Å². The third kappa shape index (κ3) is 7.79. The van der Waals surface area contributed by atoms with Crippen molar-refractivity contribution in [3.8, 4) is 5.88 Å². The summed E-state index contributed by atoms with van der Waals surface area (Å²) in [5.41, 5.74) is -3.83. The Kier molecular flexibility index (Phi) is 10.1. The highest BCUT2D eigenvalue weighted by Gasteiger charge is 2.63. The number of carbonyl (C=O) groups excluding carboxylic acids is 4. The molecule has 0 unspecified atom stereocenters. The highest BCUT2D eigenvalue weighted by Crippen LogP contribution is 2.47. The number of amides is 4. The first kappa shape index (κ1) is 39.1. The number of alkyl halides is 3. The van der Waals surface area contributed by atoms with Crippen LogP contribution in [0.3, 0.4) is 0 Å². The maximum Gasteiger partial charge on any atom is 0.438 e. The lowest BCUT2D eigenvalue weighted by atomic mass is 10.0. The van der Waals surface area contributed by atoms with Crippen molar-refractivity contribution in [2.45, 2.75) is 106 Å². The zero-order chi connectivity index (χ0) is 40.2. The molecule has 15 nitrogen and oxygen atoms in total. The summed E-state index contributed by atoms with van der Waals surface area (Å²) in [4.78, 5) is 64.3. The van der Waals surface area contributed by atoms with E-state index in [1.165, 1.54) is 13.0 Å². The van der Waals surface area contributed by atoms with Crippen LogP contribution in [0, 0.1) is 18.7 Å². The highest BCUT2D eigenvalue weighted by molar-refractivity contribution is 7.91. The van der Waals surface area contributed by atoms with Crippen LogP contribution >= 0.6 is 0 Å². The average molecular weight is 806 g/mol. The van der Waals surface area contributed by atoms with E-state index in [0.29, 0.717) is 44.3 Å². The zero-order valence-corrected chi connectivity index (χ0v) is 31.1. The Morgan fingerprint density at radius 1 is 1.09 bits per heavy atom. The molecule has 2 aromatic heterocycles. The van der Waals surface area contributed by atoms with Crippen molar-refractivity contribution < 1.29 is 54.4 Å². The number of sulfonamides is 1. The van der Waals surface area contributed by atoms with E-state index in [9.17, 15) is 45.2 Å². The van der Waals surface area contributed by atoms with Gasteiger partial charge in [0.25, 0.3) is 11.8 Å². The molecule has 3 fully saturated rings. The van der Waals surface area contributed by atoms with Crippen LogP contribution in [0.4, 0.5) is 17.6 Å². The normalized spacial score (nSPS) is 26.6. The van der Waals surface area contributed by atoms with Gasteiger partial charge in [0.1, 0.15) is 35.3 Å². The van der Waals surface area contributed by atoms with Crippen LogP contribution in [-0.2, 0) is 30.6 Å². The number of nitrogens with zero attached hydrogens (tertiary/aromatic N) is 4. The first-order chi connectivity index (χ1) is 26.4. The molecule has 2 saturated carbocycles. The lowest BCUT2D eigenvalue weighted by Crippen LogP contribution is -2.58. The topological polar surface area (TPSA) is 203 Å². The van der Waals surface area contributed by atoms with Crippen molar-refractivity contribution in [1.82, 2.24) is 35.4 Å². The first-order valence-corrected chi connectivity index (χ1v) is 19.7. The SMILES string of the molecule is Cc1cc(C(=O)N[C@H]2CCCCCC=C[C@@H]3C[C@@]3(C(=O)NS(=O)(=O)C3(C)CC3)NC(=O)[C@@H]3C[C@@H](Oc4nc5cc(F)ccc5nc4C(F)(F)F)CN3C2=O)no1. The minimum absolute atomic E-state index is 0.0435. The van der Waals surface area contributed by atoms with E-state index in [0.717, 1.165) is 23.1 Å². The Hall–Kier alpha value is -5.14. The Morgan fingerprint density at radius 3 is 2.55 bits per heavy atom. The number of ether oxygens (including phenoxy) is 1. The van der Waals surface area contributed by atoms with Gasteiger partial charge in [0.15, 0.2) is 5.69 Å². The molecule has 1 aromatic carbocycles. The molecule has 3 N–H and O–H groups in total. The van der Waals surface area contributed by atoms with Gasteiger partial charge < -0.3 is 24.8 Å². The van der Waals surface area contributed by atoms with Crippen LogP contribution in [-0.4, -0.2) is 87.1 Å². The minimum Gasteiger partial charge on any atom is -0.471 e. The number of halogens is 4. The monoisotopic (exact) mass is 805 g/mol. The van der Waals surface area contributed by atoms with Crippen LogP contribution in [0.5, 0.6) is 5.88 Å². The van der Waals surface area contributed by atoms with Gasteiger partial charge in [-0.1, -0.05) is 30.2 Å². The molecule has 0 radical (unpaired) electrons. The Morgan fingerprint density at radius 2 is 1.86 bits per heavy atom. The van der Waals surface area contributed by atoms with Crippen LogP contribution in [0.25, 0.3) is 11.0 Å². The molecular weight excluding hydrogens is 766 g/mol. The van der Waals surface area contributed by atoms with Crippen molar-refractivity contribution in [2.75, 3.05) is 6.54 Å². The maximum atomic E-state index is 14.4. The molecule has 2 aliphatic carbocycles. The van der Waals surface area contributed by atoms with Crippen molar-refractivity contribution in [1.29, 1.82) is 0 Å². The molecule has 0 spiro atoms. The minimum atomic E-state index is -5.07. The first-order valence-electron chi connectivity index (χ1n) is 18.2. The lowest BCUT2D eigenvalue weighted by molar-refractivity contribution is -0.143. The van der Waals surface area contributed by atoms with E-state index in [1.54, 1.807) is 13.0 Å². The maximum absolute atomic E-state index is 14.4. The molecule has 56 heavy (non-hydrogen) atoms. The number of allylic oxidation sites excluding steroid dienone is 1.